The van der Waals surface area contributed by atoms with Gasteiger partial charge in [-0.3, -0.25) is 4.90 Å². The van der Waals surface area contributed by atoms with Crippen LogP contribution in [0.15, 0.2) is 12.1 Å². The van der Waals surface area contributed by atoms with E-state index in [-0.39, 0.29) is 13.0 Å². The summed E-state index contributed by atoms with van der Waals surface area (Å²) in [4.78, 5) is 5.04. The van der Waals surface area contributed by atoms with Gasteiger partial charge in [0.1, 0.15) is 0 Å². The number of hydrogen-bond donors (Lipinski definition) is 0. The van der Waals surface area contributed by atoms with E-state index in [1.807, 2.05) is 12.1 Å². The summed E-state index contributed by atoms with van der Waals surface area (Å²) < 4.78 is 48.3. The first-order valence-corrected chi connectivity index (χ1v) is 10.8. The fraction of sp³-hybridized carbons (Fsp3) is 0.739. The predicted molar refractivity (Wildman–Crippen MR) is 112 cm³/mol. The van der Waals surface area contributed by atoms with E-state index in [0.29, 0.717) is 29.0 Å². The third-order valence-electron chi connectivity index (χ3n) is 6.13. The van der Waals surface area contributed by atoms with Gasteiger partial charge >= 0.3 is 6.18 Å². The number of methoxy groups -OCH3 is 1. The van der Waals surface area contributed by atoms with Crippen molar-refractivity contribution in [3.63, 3.8) is 0 Å². The van der Waals surface area contributed by atoms with Gasteiger partial charge in [0.25, 0.3) is 0 Å². The Hall–Kier alpha value is -1.47. The second-order valence-electron chi connectivity index (χ2n) is 9.89. The average Bonchev–Trinajstić information content (AvgIpc) is 2.63. The zero-order valence-corrected chi connectivity index (χ0v) is 18.8. The Morgan fingerprint density at radius 1 is 1.10 bits per heavy atom. The SMILES string of the molecule is COc1cc2c(cc1OCCCC(F)(F)F)CCN1C[C@@H](CC(C)(C)C)N(C)C[C@H]21. The van der Waals surface area contributed by atoms with E-state index >= 15 is 0 Å². The third-order valence-corrected chi connectivity index (χ3v) is 6.13. The summed E-state index contributed by atoms with van der Waals surface area (Å²) in [6.07, 6.45) is -2.96. The van der Waals surface area contributed by atoms with Gasteiger partial charge in [-0.2, -0.15) is 13.2 Å². The van der Waals surface area contributed by atoms with Gasteiger partial charge in [-0.05, 0) is 55.0 Å². The van der Waals surface area contributed by atoms with Crippen LogP contribution in [-0.2, 0) is 6.42 Å². The Balaban J connectivity index is 1.72. The first-order chi connectivity index (χ1) is 14.0. The van der Waals surface area contributed by atoms with Crippen molar-refractivity contribution in [2.45, 2.75) is 64.7 Å². The van der Waals surface area contributed by atoms with Crippen molar-refractivity contribution in [2.75, 3.05) is 40.4 Å². The minimum absolute atomic E-state index is 0.0292. The van der Waals surface area contributed by atoms with Crippen molar-refractivity contribution in [3.05, 3.63) is 23.3 Å². The Kier molecular flexibility index (Phi) is 6.92. The fourth-order valence-corrected chi connectivity index (χ4v) is 4.68. The Bertz CT molecular complexity index is 730. The second kappa shape index (κ2) is 8.95. The van der Waals surface area contributed by atoms with Crippen molar-refractivity contribution in [3.8, 4) is 11.5 Å². The van der Waals surface area contributed by atoms with Gasteiger partial charge in [0.05, 0.1) is 13.7 Å². The lowest BCUT2D eigenvalue weighted by Gasteiger charge is -2.49. The van der Waals surface area contributed by atoms with Gasteiger partial charge in [0, 0.05) is 38.1 Å². The highest BCUT2D eigenvalue weighted by Gasteiger charge is 2.38. The quantitative estimate of drug-likeness (QED) is 0.591. The van der Waals surface area contributed by atoms with E-state index in [1.54, 1.807) is 7.11 Å². The molecule has 30 heavy (non-hydrogen) atoms. The van der Waals surface area contributed by atoms with Crippen molar-refractivity contribution >= 4 is 0 Å². The molecule has 0 unspecified atom stereocenters. The lowest BCUT2D eigenvalue weighted by Crippen LogP contribution is -2.55. The molecule has 4 nitrogen and oxygen atoms in total. The standard InChI is InChI=1S/C23H35F3N2O2/c1-22(2,3)13-17-14-28-9-7-16-11-21(30-10-6-8-23(24,25)26)20(29-5)12-18(16)19(28)15-27(17)4/h11-12,17,19H,6-10,13-15H2,1-5H3/t17-,19-/m1/s1. The summed E-state index contributed by atoms with van der Waals surface area (Å²) in [6.45, 7) is 9.91. The van der Waals surface area contributed by atoms with E-state index < -0.39 is 12.6 Å². The monoisotopic (exact) mass is 428 g/mol. The van der Waals surface area contributed by atoms with Gasteiger partial charge in [-0.25, -0.2) is 0 Å². The van der Waals surface area contributed by atoms with Gasteiger partial charge in [-0.15, -0.1) is 0 Å². The molecular formula is C23H35F3N2O2. The molecule has 0 saturated carbocycles. The molecule has 0 bridgehead atoms. The second-order valence-corrected chi connectivity index (χ2v) is 9.89. The molecule has 1 fully saturated rings. The number of ether oxygens (including phenoxy) is 2. The Labute approximate surface area is 178 Å². The molecule has 1 saturated heterocycles. The minimum Gasteiger partial charge on any atom is -0.493 e. The first-order valence-electron chi connectivity index (χ1n) is 10.8. The van der Waals surface area contributed by atoms with E-state index in [9.17, 15) is 13.2 Å². The molecular weight excluding hydrogens is 393 g/mol. The summed E-state index contributed by atoms with van der Waals surface area (Å²) in [5.41, 5.74) is 2.76. The molecule has 0 N–H and O–H groups in total. The highest BCUT2D eigenvalue weighted by molar-refractivity contribution is 5.49. The molecule has 0 aromatic heterocycles. The number of fused-ring (bicyclic) bond motifs is 3. The summed E-state index contributed by atoms with van der Waals surface area (Å²) >= 11 is 0. The minimum atomic E-state index is -4.15. The summed E-state index contributed by atoms with van der Waals surface area (Å²) in [5.74, 6) is 1.14. The van der Waals surface area contributed by atoms with E-state index in [4.69, 9.17) is 9.47 Å². The molecule has 0 amide bonds. The molecule has 0 aliphatic carbocycles. The number of halogens is 3. The maximum absolute atomic E-state index is 12.4. The first kappa shape index (κ1) is 23.2. The number of alkyl halides is 3. The van der Waals surface area contributed by atoms with Crippen LogP contribution in [0.5, 0.6) is 11.5 Å². The molecule has 3 rings (SSSR count). The van der Waals surface area contributed by atoms with Gasteiger partial charge in [0.15, 0.2) is 11.5 Å². The summed E-state index contributed by atoms with van der Waals surface area (Å²) in [6, 6.07) is 4.85. The average molecular weight is 429 g/mol. The number of rotatable bonds is 6. The van der Waals surface area contributed by atoms with E-state index in [0.717, 1.165) is 32.5 Å². The third kappa shape index (κ3) is 5.82. The van der Waals surface area contributed by atoms with E-state index in [1.165, 1.54) is 11.1 Å². The van der Waals surface area contributed by atoms with Crippen LogP contribution < -0.4 is 9.47 Å². The van der Waals surface area contributed by atoms with Gasteiger partial charge < -0.3 is 14.4 Å². The van der Waals surface area contributed by atoms with Crippen LogP contribution >= 0.6 is 0 Å². The number of nitrogens with zero attached hydrogens (tertiary/aromatic N) is 2. The molecule has 0 radical (unpaired) electrons. The van der Waals surface area contributed by atoms with Crippen molar-refractivity contribution in [1.29, 1.82) is 0 Å². The van der Waals surface area contributed by atoms with Crippen LogP contribution in [0, 0.1) is 5.41 Å². The van der Waals surface area contributed by atoms with Crippen LogP contribution in [0.2, 0.25) is 0 Å². The van der Waals surface area contributed by atoms with Crippen LogP contribution in [0.4, 0.5) is 13.2 Å². The zero-order valence-electron chi connectivity index (χ0n) is 18.8. The molecule has 2 heterocycles. The maximum Gasteiger partial charge on any atom is 0.389 e. The predicted octanol–water partition coefficient (Wildman–Crippen LogP) is 5.07. The van der Waals surface area contributed by atoms with Crippen LogP contribution in [0.25, 0.3) is 0 Å². The molecule has 2 aliphatic rings. The number of piperazine rings is 1. The molecule has 1 aromatic rings. The zero-order chi connectivity index (χ0) is 22.1. The van der Waals surface area contributed by atoms with Crippen molar-refractivity contribution < 1.29 is 22.6 Å². The van der Waals surface area contributed by atoms with Crippen LogP contribution in [0.3, 0.4) is 0 Å². The van der Waals surface area contributed by atoms with Crippen LogP contribution in [0.1, 0.15) is 57.2 Å². The maximum atomic E-state index is 12.4. The molecule has 170 valence electrons. The summed E-state index contributed by atoms with van der Waals surface area (Å²) in [5, 5.41) is 0. The van der Waals surface area contributed by atoms with Gasteiger partial charge in [0.2, 0.25) is 0 Å². The summed E-state index contributed by atoms with van der Waals surface area (Å²) in [7, 11) is 3.79. The normalized spacial score (nSPS) is 23.1. The van der Waals surface area contributed by atoms with Crippen molar-refractivity contribution in [2.24, 2.45) is 5.41 Å². The highest BCUT2D eigenvalue weighted by atomic mass is 19.4. The lowest BCUT2D eigenvalue weighted by molar-refractivity contribution is -0.136. The molecule has 1 aromatic carbocycles. The fourth-order valence-electron chi connectivity index (χ4n) is 4.68. The number of hydrogen-bond acceptors (Lipinski definition) is 4. The largest absolute Gasteiger partial charge is 0.493 e. The number of benzene rings is 1. The van der Waals surface area contributed by atoms with Gasteiger partial charge in [-0.1, -0.05) is 20.8 Å². The van der Waals surface area contributed by atoms with E-state index in [2.05, 4.69) is 37.6 Å². The highest BCUT2D eigenvalue weighted by Crippen LogP contribution is 2.41. The van der Waals surface area contributed by atoms with Crippen molar-refractivity contribution in [1.82, 2.24) is 9.80 Å². The lowest BCUT2D eigenvalue weighted by atomic mass is 9.84. The smallest absolute Gasteiger partial charge is 0.389 e. The molecule has 0 spiro atoms. The Morgan fingerprint density at radius 2 is 1.83 bits per heavy atom. The molecule has 7 heteroatoms. The molecule has 2 atom stereocenters. The Morgan fingerprint density at radius 3 is 2.47 bits per heavy atom. The van der Waals surface area contributed by atoms with Crippen LogP contribution in [-0.4, -0.2) is 62.4 Å². The number of likely N-dealkylation sites (N-methyl/N-ethyl adjacent to an activating group) is 1. The topological polar surface area (TPSA) is 24.9 Å². The molecule has 2 aliphatic heterocycles.